The molecule has 2 unspecified atom stereocenters. The zero-order valence-electron chi connectivity index (χ0n) is 14.2. The third kappa shape index (κ3) is 2.40. The van der Waals surface area contributed by atoms with Crippen LogP contribution in [0.4, 0.5) is 5.69 Å². The van der Waals surface area contributed by atoms with Gasteiger partial charge in [0.1, 0.15) is 0 Å². The number of aryl methyl sites for hydroxylation is 2. The van der Waals surface area contributed by atoms with Gasteiger partial charge in [-0.2, -0.15) is 0 Å². The lowest BCUT2D eigenvalue weighted by atomic mass is 9.47. The van der Waals surface area contributed by atoms with Gasteiger partial charge in [0.05, 0.1) is 11.0 Å². The van der Waals surface area contributed by atoms with E-state index in [-0.39, 0.29) is 11.3 Å². The van der Waals surface area contributed by atoms with Crippen LogP contribution in [0, 0.1) is 24.2 Å². The van der Waals surface area contributed by atoms with Crippen LogP contribution in [0.2, 0.25) is 0 Å². The van der Waals surface area contributed by atoms with Gasteiger partial charge >= 0.3 is 0 Å². The van der Waals surface area contributed by atoms with Gasteiger partial charge in [-0.25, -0.2) is 0 Å². The Kier molecular flexibility index (Phi) is 3.35. The van der Waals surface area contributed by atoms with Gasteiger partial charge in [-0.15, -0.1) is 0 Å². The van der Waals surface area contributed by atoms with Gasteiger partial charge in [0.25, 0.3) is 0 Å². The predicted octanol–water partition coefficient (Wildman–Crippen LogP) is 3.83. The molecule has 4 bridgehead atoms. The summed E-state index contributed by atoms with van der Waals surface area (Å²) in [5.41, 5.74) is 2.39. The fourth-order valence-corrected chi connectivity index (χ4v) is 5.93. The van der Waals surface area contributed by atoms with Crippen LogP contribution in [0.3, 0.4) is 0 Å². The first-order chi connectivity index (χ1) is 10.9. The molecule has 4 saturated carbocycles. The van der Waals surface area contributed by atoms with E-state index in [0.717, 1.165) is 43.4 Å². The quantitative estimate of drug-likeness (QED) is 0.891. The first-order valence-corrected chi connectivity index (χ1v) is 9.05. The molecule has 2 N–H and O–H groups in total. The summed E-state index contributed by atoms with van der Waals surface area (Å²) in [7, 11) is 0. The van der Waals surface area contributed by atoms with Crippen LogP contribution >= 0.6 is 0 Å². The standard InChI is InChI=1S/C20H27NO2/c1-3-16-6-4-5-13(2)17(16)21-18(22)19-8-14-7-15(9-19)11-20(23,10-14)12-19/h4-6,14-15,23H,3,7-12H2,1-2H3,(H,21,22)/t14-,15+,19?,20?. The highest BCUT2D eigenvalue weighted by Gasteiger charge is 2.60. The molecule has 0 aliphatic heterocycles. The van der Waals surface area contributed by atoms with E-state index < -0.39 is 5.60 Å². The fourth-order valence-electron chi connectivity index (χ4n) is 5.93. The molecular formula is C20H27NO2. The van der Waals surface area contributed by atoms with E-state index in [1.165, 1.54) is 12.0 Å². The Bertz CT molecular complexity index is 637. The highest BCUT2D eigenvalue weighted by molar-refractivity contribution is 5.97. The van der Waals surface area contributed by atoms with Crippen LogP contribution < -0.4 is 5.32 Å². The van der Waals surface area contributed by atoms with Crippen molar-refractivity contribution < 1.29 is 9.90 Å². The van der Waals surface area contributed by atoms with Gasteiger partial charge in [0.15, 0.2) is 0 Å². The Labute approximate surface area is 138 Å². The minimum absolute atomic E-state index is 0.147. The highest BCUT2D eigenvalue weighted by atomic mass is 16.3. The number of carbonyl (C=O) groups excluding carboxylic acids is 1. The molecule has 4 aliphatic carbocycles. The molecule has 0 radical (unpaired) electrons. The van der Waals surface area contributed by atoms with Gasteiger partial charge in [0.2, 0.25) is 5.91 Å². The molecule has 1 aromatic carbocycles. The molecule has 0 heterocycles. The maximum Gasteiger partial charge on any atom is 0.230 e. The monoisotopic (exact) mass is 313 g/mol. The average molecular weight is 313 g/mol. The summed E-state index contributed by atoms with van der Waals surface area (Å²) in [6, 6.07) is 6.20. The van der Waals surface area contributed by atoms with Crippen molar-refractivity contribution in [1.29, 1.82) is 0 Å². The number of rotatable bonds is 3. The molecule has 4 atom stereocenters. The molecule has 124 valence electrons. The van der Waals surface area contributed by atoms with Crippen molar-refractivity contribution >= 4 is 11.6 Å². The minimum atomic E-state index is -0.583. The highest BCUT2D eigenvalue weighted by Crippen LogP contribution is 2.61. The Morgan fingerprint density at radius 2 is 1.96 bits per heavy atom. The lowest BCUT2D eigenvalue weighted by Crippen LogP contribution is -2.59. The first kappa shape index (κ1) is 15.2. The van der Waals surface area contributed by atoms with Crippen molar-refractivity contribution in [3.8, 4) is 0 Å². The number of para-hydroxylation sites is 1. The molecule has 4 fully saturated rings. The summed E-state index contributed by atoms with van der Waals surface area (Å²) >= 11 is 0. The van der Waals surface area contributed by atoms with Crippen LogP contribution in [0.15, 0.2) is 18.2 Å². The molecule has 0 aromatic heterocycles. The van der Waals surface area contributed by atoms with Crippen molar-refractivity contribution in [2.45, 2.75) is 64.4 Å². The van der Waals surface area contributed by atoms with Crippen molar-refractivity contribution in [3.05, 3.63) is 29.3 Å². The van der Waals surface area contributed by atoms with E-state index in [9.17, 15) is 9.90 Å². The third-order valence-electron chi connectivity index (χ3n) is 6.49. The van der Waals surface area contributed by atoms with Crippen molar-refractivity contribution in [2.75, 3.05) is 5.32 Å². The Balaban J connectivity index is 1.63. The summed E-state index contributed by atoms with van der Waals surface area (Å²) in [4.78, 5) is 13.2. The van der Waals surface area contributed by atoms with Gasteiger partial charge in [-0.1, -0.05) is 25.1 Å². The SMILES string of the molecule is CCc1cccc(C)c1NC(=O)C12C[C@@H]3C[C@@H](CC(O)(C3)C1)C2. The second-order valence-corrected chi connectivity index (χ2v) is 8.38. The fraction of sp³-hybridized carbons (Fsp3) is 0.650. The normalized spacial score (nSPS) is 37.9. The summed E-state index contributed by atoms with van der Waals surface area (Å²) in [6.07, 6.45) is 6.52. The number of hydrogen-bond donors (Lipinski definition) is 2. The van der Waals surface area contributed by atoms with E-state index in [4.69, 9.17) is 0 Å². The third-order valence-corrected chi connectivity index (χ3v) is 6.49. The molecule has 4 aliphatic rings. The van der Waals surface area contributed by atoms with Crippen molar-refractivity contribution in [2.24, 2.45) is 17.3 Å². The molecule has 3 nitrogen and oxygen atoms in total. The van der Waals surface area contributed by atoms with Crippen LogP contribution in [-0.2, 0) is 11.2 Å². The first-order valence-electron chi connectivity index (χ1n) is 9.05. The smallest absolute Gasteiger partial charge is 0.230 e. The van der Waals surface area contributed by atoms with E-state index >= 15 is 0 Å². The lowest BCUT2D eigenvalue weighted by molar-refractivity contribution is -0.174. The molecule has 1 aromatic rings. The topological polar surface area (TPSA) is 49.3 Å². The van der Waals surface area contributed by atoms with Crippen molar-refractivity contribution in [1.82, 2.24) is 0 Å². The Hall–Kier alpha value is -1.35. The zero-order valence-corrected chi connectivity index (χ0v) is 14.2. The van der Waals surface area contributed by atoms with Crippen LogP contribution in [-0.4, -0.2) is 16.6 Å². The van der Waals surface area contributed by atoms with Crippen LogP contribution in [0.1, 0.15) is 56.6 Å². The molecule has 1 amide bonds. The largest absolute Gasteiger partial charge is 0.390 e. The number of hydrogen-bond acceptors (Lipinski definition) is 2. The summed E-state index contributed by atoms with van der Waals surface area (Å²) in [6.45, 7) is 4.18. The van der Waals surface area contributed by atoms with E-state index in [0.29, 0.717) is 18.3 Å². The molecule has 3 heteroatoms. The number of nitrogens with one attached hydrogen (secondary N) is 1. The minimum Gasteiger partial charge on any atom is -0.390 e. The molecule has 0 spiro atoms. The maximum absolute atomic E-state index is 13.2. The number of benzene rings is 1. The Morgan fingerprint density at radius 3 is 2.57 bits per heavy atom. The summed E-state index contributed by atoms with van der Waals surface area (Å²) < 4.78 is 0. The van der Waals surface area contributed by atoms with E-state index in [1.54, 1.807) is 0 Å². The molecule has 5 rings (SSSR count). The summed E-state index contributed by atoms with van der Waals surface area (Å²) in [5, 5.41) is 14.1. The van der Waals surface area contributed by atoms with Gasteiger partial charge in [-0.3, -0.25) is 4.79 Å². The predicted molar refractivity (Wildman–Crippen MR) is 91.3 cm³/mol. The lowest BCUT2D eigenvalue weighted by Gasteiger charge is -2.59. The van der Waals surface area contributed by atoms with E-state index in [2.05, 4.69) is 37.4 Å². The number of anilines is 1. The second kappa shape index (κ2) is 5.07. The summed E-state index contributed by atoms with van der Waals surface area (Å²) in [5.74, 6) is 1.22. The van der Waals surface area contributed by atoms with Gasteiger partial charge in [-0.05, 0) is 74.8 Å². The molecule has 23 heavy (non-hydrogen) atoms. The van der Waals surface area contributed by atoms with Gasteiger partial charge in [0, 0.05) is 5.69 Å². The second-order valence-electron chi connectivity index (χ2n) is 8.38. The average Bonchev–Trinajstić information content (AvgIpc) is 2.46. The maximum atomic E-state index is 13.2. The molecular weight excluding hydrogens is 286 g/mol. The number of amides is 1. The van der Waals surface area contributed by atoms with Crippen LogP contribution in [0.25, 0.3) is 0 Å². The zero-order chi connectivity index (χ0) is 16.2. The Morgan fingerprint density at radius 1 is 1.26 bits per heavy atom. The van der Waals surface area contributed by atoms with Crippen molar-refractivity contribution in [3.63, 3.8) is 0 Å². The number of carbonyl (C=O) groups is 1. The number of aliphatic hydroxyl groups is 1. The van der Waals surface area contributed by atoms with Crippen LogP contribution in [0.5, 0.6) is 0 Å². The molecule has 0 saturated heterocycles. The van der Waals surface area contributed by atoms with Gasteiger partial charge < -0.3 is 10.4 Å². The van der Waals surface area contributed by atoms with E-state index in [1.807, 2.05) is 0 Å².